The third-order valence-electron chi connectivity index (χ3n) is 2.79. The van der Waals surface area contributed by atoms with Crippen molar-refractivity contribution < 1.29 is 14.3 Å². The predicted molar refractivity (Wildman–Crippen MR) is 71.6 cm³/mol. The normalized spacial score (nSPS) is 11.1. The minimum Gasteiger partial charge on any atom is -0.494 e. The molecule has 0 N–H and O–H groups in total. The van der Waals surface area contributed by atoms with Crippen LogP contribution in [-0.2, 0) is 9.53 Å². The van der Waals surface area contributed by atoms with Gasteiger partial charge in [-0.2, -0.15) is 0 Å². The second-order valence-electron chi connectivity index (χ2n) is 4.87. The summed E-state index contributed by atoms with van der Waals surface area (Å²) in [6.07, 6.45) is 1.60. The molecule has 0 aliphatic carbocycles. The topological polar surface area (TPSA) is 35.5 Å². The first-order valence-corrected chi connectivity index (χ1v) is 6.41. The summed E-state index contributed by atoms with van der Waals surface area (Å²) in [6.45, 7) is 6.70. The van der Waals surface area contributed by atoms with Crippen molar-refractivity contribution in [1.82, 2.24) is 0 Å². The van der Waals surface area contributed by atoms with Crippen molar-refractivity contribution in [3.05, 3.63) is 30.3 Å². The van der Waals surface area contributed by atoms with Gasteiger partial charge < -0.3 is 9.47 Å². The highest BCUT2D eigenvalue weighted by Gasteiger charge is 2.28. The SMILES string of the molecule is CCOC(=O)C(C)(C)CCCOc1ccccc1. The fourth-order valence-electron chi connectivity index (χ4n) is 1.65. The lowest BCUT2D eigenvalue weighted by molar-refractivity contribution is -0.153. The number of hydrogen-bond donors (Lipinski definition) is 0. The van der Waals surface area contributed by atoms with E-state index < -0.39 is 5.41 Å². The number of hydrogen-bond acceptors (Lipinski definition) is 3. The standard InChI is InChI=1S/C15H22O3/c1-4-17-14(16)15(2,3)11-8-12-18-13-9-6-5-7-10-13/h5-7,9-10H,4,8,11-12H2,1-3H3. The van der Waals surface area contributed by atoms with E-state index >= 15 is 0 Å². The Morgan fingerprint density at radius 2 is 1.89 bits per heavy atom. The Bertz CT molecular complexity index is 357. The number of esters is 1. The molecule has 0 unspecified atom stereocenters. The van der Waals surface area contributed by atoms with Crippen LogP contribution < -0.4 is 4.74 Å². The Morgan fingerprint density at radius 1 is 1.22 bits per heavy atom. The molecule has 0 atom stereocenters. The minimum atomic E-state index is -0.434. The molecule has 3 nitrogen and oxygen atoms in total. The van der Waals surface area contributed by atoms with E-state index in [1.54, 1.807) is 0 Å². The summed E-state index contributed by atoms with van der Waals surface area (Å²) in [7, 11) is 0. The maximum Gasteiger partial charge on any atom is 0.311 e. The monoisotopic (exact) mass is 250 g/mol. The number of rotatable bonds is 7. The second-order valence-corrected chi connectivity index (χ2v) is 4.87. The summed E-state index contributed by atoms with van der Waals surface area (Å²) in [6, 6.07) is 9.69. The van der Waals surface area contributed by atoms with Crippen molar-refractivity contribution in [3.8, 4) is 5.75 Å². The average molecular weight is 250 g/mol. The van der Waals surface area contributed by atoms with E-state index in [0.717, 1.165) is 18.6 Å². The van der Waals surface area contributed by atoms with Crippen molar-refractivity contribution in [2.75, 3.05) is 13.2 Å². The fraction of sp³-hybridized carbons (Fsp3) is 0.533. The quantitative estimate of drug-likeness (QED) is 0.549. The summed E-state index contributed by atoms with van der Waals surface area (Å²) in [5.41, 5.74) is -0.434. The van der Waals surface area contributed by atoms with Gasteiger partial charge in [0.15, 0.2) is 0 Å². The van der Waals surface area contributed by atoms with Gasteiger partial charge in [0.25, 0.3) is 0 Å². The third kappa shape index (κ3) is 4.78. The van der Waals surface area contributed by atoms with E-state index in [9.17, 15) is 4.79 Å². The second kappa shape index (κ2) is 7.04. The molecular weight excluding hydrogens is 228 g/mol. The average Bonchev–Trinajstić information content (AvgIpc) is 2.36. The molecule has 100 valence electrons. The molecule has 0 bridgehead atoms. The van der Waals surface area contributed by atoms with Crippen LogP contribution in [0.3, 0.4) is 0 Å². The Hall–Kier alpha value is -1.51. The largest absolute Gasteiger partial charge is 0.494 e. The van der Waals surface area contributed by atoms with Gasteiger partial charge in [-0.3, -0.25) is 4.79 Å². The van der Waals surface area contributed by atoms with Crippen LogP contribution in [0.1, 0.15) is 33.6 Å². The van der Waals surface area contributed by atoms with Gasteiger partial charge in [-0.25, -0.2) is 0 Å². The Kier molecular flexibility index (Phi) is 5.69. The predicted octanol–water partition coefficient (Wildman–Crippen LogP) is 3.43. The van der Waals surface area contributed by atoms with Gasteiger partial charge >= 0.3 is 5.97 Å². The number of carbonyl (C=O) groups is 1. The van der Waals surface area contributed by atoms with Crippen LogP contribution in [0.15, 0.2) is 30.3 Å². The lowest BCUT2D eigenvalue weighted by Gasteiger charge is -2.22. The van der Waals surface area contributed by atoms with Crippen LogP contribution in [0.4, 0.5) is 0 Å². The van der Waals surface area contributed by atoms with Gasteiger partial charge in [-0.05, 0) is 45.7 Å². The molecule has 0 saturated carbocycles. The van der Waals surface area contributed by atoms with Crippen molar-refractivity contribution in [2.45, 2.75) is 33.6 Å². The van der Waals surface area contributed by atoms with Gasteiger partial charge in [0, 0.05) is 0 Å². The number of benzene rings is 1. The first-order valence-electron chi connectivity index (χ1n) is 6.41. The van der Waals surface area contributed by atoms with E-state index in [2.05, 4.69) is 0 Å². The van der Waals surface area contributed by atoms with E-state index in [4.69, 9.17) is 9.47 Å². The molecule has 18 heavy (non-hydrogen) atoms. The zero-order valence-corrected chi connectivity index (χ0v) is 11.4. The molecule has 0 amide bonds. The van der Waals surface area contributed by atoms with E-state index in [1.165, 1.54) is 0 Å². The summed E-state index contributed by atoms with van der Waals surface area (Å²) in [5.74, 6) is 0.733. The number of para-hydroxylation sites is 1. The van der Waals surface area contributed by atoms with E-state index in [-0.39, 0.29) is 5.97 Å². The molecule has 0 fully saturated rings. The van der Waals surface area contributed by atoms with Crippen molar-refractivity contribution >= 4 is 5.97 Å². The molecule has 0 aromatic heterocycles. The molecule has 0 aliphatic heterocycles. The molecule has 3 heteroatoms. The van der Waals surface area contributed by atoms with Crippen LogP contribution in [-0.4, -0.2) is 19.2 Å². The Morgan fingerprint density at radius 3 is 2.50 bits per heavy atom. The van der Waals surface area contributed by atoms with Crippen LogP contribution in [0.5, 0.6) is 5.75 Å². The molecule has 0 spiro atoms. The lowest BCUT2D eigenvalue weighted by Crippen LogP contribution is -2.27. The molecule has 1 aromatic rings. The summed E-state index contributed by atoms with van der Waals surface area (Å²) in [4.78, 5) is 11.7. The van der Waals surface area contributed by atoms with Gasteiger partial charge in [0.05, 0.1) is 18.6 Å². The van der Waals surface area contributed by atoms with Crippen molar-refractivity contribution in [1.29, 1.82) is 0 Å². The molecule has 1 rings (SSSR count). The molecule has 0 heterocycles. The van der Waals surface area contributed by atoms with Crippen molar-refractivity contribution in [3.63, 3.8) is 0 Å². The van der Waals surface area contributed by atoms with Crippen molar-refractivity contribution in [2.24, 2.45) is 5.41 Å². The smallest absolute Gasteiger partial charge is 0.311 e. The van der Waals surface area contributed by atoms with Crippen LogP contribution in [0, 0.1) is 5.41 Å². The van der Waals surface area contributed by atoms with Crippen LogP contribution in [0.2, 0.25) is 0 Å². The maximum absolute atomic E-state index is 11.7. The first kappa shape index (κ1) is 14.6. The highest BCUT2D eigenvalue weighted by atomic mass is 16.5. The number of carbonyl (C=O) groups excluding carboxylic acids is 1. The molecule has 0 aliphatic rings. The van der Waals surface area contributed by atoms with Crippen LogP contribution >= 0.6 is 0 Å². The maximum atomic E-state index is 11.7. The zero-order chi connectivity index (χ0) is 13.4. The Labute approximate surface area is 109 Å². The Balaban J connectivity index is 2.27. The van der Waals surface area contributed by atoms with Crippen LogP contribution in [0.25, 0.3) is 0 Å². The first-order chi connectivity index (χ1) is 8.56. The van der Waals surface area contributed by atoms with Gasteiger partial charge in [0.1, 0.15) is 5.75 Å². The number of ether oxygens (including phenoxy) is 2. The molecule has 0 saturated heterocycles. The van der Waals surface area contributed by atoms with Gasteiger partial charge in [-0.1, -0.05) is 18.2 Å². The minimum absolute atomic E-state index is 0.135. The molecule has 0 radical (unpaired) electrons. The summed E-state index contributed by atoms with van der Waals surface area (Å²) in [5, 5.41) is 0. The van der Waals surface area contributed by atoms with Gasteiger partial charge in [0.2, 0.25) is 0 Å². The highest BCUT2D eigenvalue weighted by Crippen LogP contribution is 2.24. The third-order valence-corrected chi connectivity index (χ3v) is 2.79. The fourth-order valence-corrected chi connectivity index (χ4v) is 1.65. The van der Waals surface area contributed by atoms with Gasteiger partial charge in [-0.15, -0.1) is 0 Å². The highest BCUT2D eigenvalue weighted by molar-refractivity contribution is 5.75. The molecular formula is C15H22O3. The summed E-state index contributed by atoms with van der Waals surface area (Å²) < 4.78 is 10.6. The molecule has 1 aromatic carbocycles. The summed E-state index contributed by atoms with van der Waals surface area (Å²) >= 11 is 0. The lowest BCUT2D eigenvalue weighted by atomic mass is 9.88. The van der Waals surface area contributed by atoms with E-state index in [0.29, 0.717) is 13.2 Å². The van der Waals surface area contributed by atoms with E-state index in [1.807, 2.05) is 51.1 Å². The zero-order valence-electron chi connectivity index (χ0n) is 11.4.